The summed E-state index contributed by atoms with van der Waals surface area (Å²) in [5.41, 5.74) is 1.16. The summed E-state index contributed by atoms with van der Waals surface area (Å²) >= 11 is 6.07. The van der Waals surface area contributed by atoms with Gasteiger partial charge < -0.3 is 10.1 Å². The maximum absolute atomic E-state index is 6.10. The lowest BCUT2D eigenvalue weighted by molar-refractivity contribution is 0.207. The quantitative estimate of drug-likeness (QED) is 0.865. The molecule has 0 radical (unpaired) electrons. The van der Waals surface area contributed by atoms with Crippen molar-refractivity contribution in [2.75, 3.05) is 0 Å². The predicted molar refractivity (Wildman–Crippen MR) is 76.3 cm³/mol. The van der Waals surface area contributed by atoms with Crippen molar-refractivity contribution in [2.45, 2.75) is 58.2 Å². The standard InChI is InChI=1S/C15H22ClNO/c1-11(2)17-10-12-9-13(16)7-8-15(12)18-14-5-3-4-6-14/h7-9,11,14,17H,3-6,10H2,1-2H3. The molecule has 0 atom stereocenters. The Bertz CT molecular complexity index is 386. The van der Waals surface area contributed by atoms with Crippen LogP contribution in [-0.4, -0.2) is 12.1 Å². The van der Waals surface area contributed by atoms with Crippen LogP contribution in [0.1, 0.15) is 45.1 Å². The Morgan fingerprint density at radius 2 is 2.06 bits per heavy atom. The van der Waals surface area contributed by atoms with Gasteiger partial charge >= 0.3 is 0 Å². The zero-order valence-electron chi connectivity index (χ0n) is 11.2. The van der Waals surface area contributed by atoms with E-state index in [1.165, 1.54) is 25.7 Å². The van der Waals surface area contributed by atoms with Gasteiger partial charge in [-0.1, -0.05) is 25.4 Å². The van der Waals surface area contributed by atoms with Crippen LogP contribution < -0.4 is 10.1 Å². The van der Waals surface area contributed by atoms with E-state index < -0.39 is 0 Å². The third kappa shape index (κ3) is 3.89. The molecule has 0 aliphatic heterocycles. The summed E-state index contributed by atoms with van der Waals surface area (Å²) in [6.45, 7) is 5.09. The molecule has 0 spiro atoms. The van der Waals surface area contributed by atoms with Crippen molar-refractivity contribution in [2.24, 2.45) is 0 Å². The van der Waals surface area contributed by atoms with Gasteiger partial charge in [-0.05, 0) is 43.9 Å². The van der Waals surface area contributed by atoms with Gasteiger partial charge in [0.15, 0.2) is 0 Å². The lowest BCUT2D eigenvalue weighted by atomic mass is 10.2. The SMILES string of the molecule is CC(C)NCc1cc(Cl)ccc1OC1CCCC1. The number of hydrogen-bond donors (Lipinski definition) is 1. The minimum Gasteiger partial charge on any atom is -0.490 e. The van der Waals surface area contributed by atoms with Gasteiger partial charge in [-0.25, -0.2) is 0 Å². The third-order valence-corrected chi connectivity index (χ3v) is 3.55. The summed E-state index contributed by atoms with van der Waals surface area (Å²) in [5.74, 6) is 0.986. The van der Waals surface area contributed by atoms with Crippen molar-refractivity contribution in [1.82, 2.24) is 5.32 Å². The summed E-state index contributed by atoms with van der Waals surface area (Å²) < 4.78 is 6.10. The molecule has 1 N–H and O–H groups in total. The van der Waals surface area contributed by atoms with Crippen LogP contribution in [0.5, 0.6) is 5.75 Å². The fraction of sp³-hybridized carbons (Fsp3) is 0.600. The van der Waals surface area contributed by atoms with E-state index in [2.05, 4.69) is 19.2 Å². The Balaban J connectivity index is 2.06. The lowest BCUT2D eigenvalue weighted by Gasteiger charge is -2.18. The fourth-order valence-corrected chi connectivity index (χ4v) is 2.50. The fourth-order valence-electron chi connectivity index (χ4n) is 2.30. The molecule has 0 bridgehead atoms. The number of rotatable bonds is 5. The van der Waals surface area contributed by atoms with Crippen LogP contribution in [-0.2, 0) is 6.54 Å². The van der Waals surface area contributed by atoms with Crippen molar-refractivity contribution in [3.05, 3.63) is 28.8 Å². The van der Waals surface area contributed by atoms with Crippen LogP contribution in [0, 0.1) is 0 Å². The van der Waals surface area contributed by atoms with Crippen molar-refractivity contribution in [3.63, 3.8) is 0 Å². The van der Waals surface area contributed by atoms with E-state index in [-0.39, 0.29) is 0 Å². The highest BCUT2D eigenvalue weighted by atomic mass is 35.5. The normalized spacial score (nSPS) is 16.4. The molecule has 1 aromatic carbocycles. The molecule has 0 unspecified atom stereocenters. The van der Waals surface area contributed by atoms with Crippen LogP contribution in [0.2, 0.25) is 5.02 Å². The van der Waals surface area contributed by atoms with Gasteiger partial charge in [0.2, 0.25) is 0 Å². The van der Waals surface area contributed by atoms with E-state index in [9.17, 15) is 0 Å². The number of hydrogen-bond acceptors (Lipinski definition) is 2. The van der Waals surface area contributed by atoms with E-state index in [0.717, 1.165) is 22.9 Å². The molecule has 1 saturated carbocycles. The largest absolute Gasteiger partial charge is 0.490 e. The molecule has 2 rings (SSSR count). The topological polar surface area (TPSA) is 21.3 Å². The molecule has 0 saturated heterocycles. The van der Waals surface area contributed by atoms with Crippen molar-refractivity contribution >= 4 is 11.6 Å². The van der Waals surface area contributed by atoms with Crippen LogP contribution >= 0.6 is 11.6 Å². The van der Waals surface area contributed by atoms with Crippen LogP contribution in [0.25, 0.3) is 0 Å². The van der Waals surface area contributed by atoms with Gasteiger partial charge in [-0.3, -0.25) is 0 Å². The molecule has 0 heterocycles. The average Bonchev–Trinajstić information content (AvgIpc) is 2.82. The Hall–Kier alpha value is -0.730. The number of ether oxygens (including phenoxy) is 1. The van der Waals surface area contributed by atoms with E-state index in [4.69, 9.17) is 16.3 Å². The summed E-state index contributed by atoms with van der Waals surface area (Å²) in [6.07, 6.45) is 5.33. The second-order valence-electron chi connectivity index (χ2n) is 5.31. The molecule has 3 heteroatoms. The highest BCUT2D eigenvalue weighted by molar-refractivity contribution is 6.30. The molecular formula is C15H22ClNO. The molecule has 1 aromatic rings. The number of halogens is 1. The first-order valence-corrected chi connectivity index (χ1v) is 7.21. The Labute approximate surface area is 115 Å². The highest BCUT2D eigenvalue weighted by Gasteiger charge is 2.18. The zero-order valence-corrected chi connectivity index (χ0v) is 12.0. The Morgan fingerprint density at radius 1 is 1.33 bits per heavy atom. The van der Waals surface area contributed by atoms with Gasteiger partial charge in [0, 0.05) is 23.2 Å². The van der Waals surface area contributed by atoms with Gasteiger partial charge in [-0.15, -0.1) is 0 Å². The monoisotopic (exact) mass is 267 g/mol. The first-order valence-electron chi connectivity index (χ1n) is 6.83. The lowest BCUT2D eigenvalue weighted by Crippen LogP contribution is -2.22. The van der Waals surface area contributed by atoms with E-state index >= 15 is 0 Å². The first kappa shape index (κ1) is 13.7. The first-order chi connectivity index (χ1) is 8.65. The molecule has 0 amide bonds. The minimum absolute atomic E-state index is 0.393. The Morgan fingerprint density at radius 3 is 2.72 bits per heavy atom. The molecule has 1 fully saturated rings. The van der Waals surface area contributed by atoms with Crippen molar-refractivity contribution in [3.8, 4) is 5.75 Å². The third-order valence-electron chi connectivity index (χ3n) is 3.32. The molecule has 1 aliphatic rings. The molecule has 2 nitrogen and oxygen atoms in total. The molecule has 0 aromatic heterocycles. The molecular weight excluding hydrogens is 246 g/mol. The predicted octanol–water partition coefficient (Wildman–Crippen LogP) is 4.16. The van der Waals surface area contributed by atoms with Gasteiger partial charge in [0.25, 0.3) is 0 Å². The second-order valence-corrected chi connectivity index (χ2v) is 5.75. The van der Waals surface area contributed by atoms with Gasteiger partial charge in [0.1, 0.15) is 5.75 Å². The Kier molecular flexibility index (Phi) is 4.90. The van der Waals surface area contributed by atoms with E-state index in [0.29, 0.717) is 12.1 Å². The van der Waals surface area contributed by atoms with Crippen molar-refractivity contribution in [1.29, 1.82) is 0 Å². The van der Waals surface area contributed by atoms with Crippen LogP contribution in [0.3, 0.4) is 0 Å². The molecule has 18 heavy (non-hydrogen) atoms. The summed E-state index contributed by atoms with van der Waals surface area (Å²) in [7, 11) is 0. The minimum atomic E-state index is 0.393. The molecule has 1 aliphatic carbocycles. The van der Waals surface area contributed by atoms with Gasteiger partial charge in [0.05, 0.1) is 6.10 Å². The second kappa shape index (κ2) is 6.44. The van der Waals surface area contributed by atoms with Crippen molar-refractivity contribution < 1.29 is 4.74 Å². The average molecular weight is 268 g/mol. The summed E-state index contributed by atoms with van der Waals surface area (Å²) in [6, 6.07) is 6.37. The number of nitrogens with one attached hydrogen (secondary N) is 1. The zero-order chi connectivity index (χ0) is 13.0. The van der Waals surface area contributed by atoms with E-state index in [1.54, 1.807) is 0 Å². The maximum atomic E-state index is 6.10. The maximum Gasteiger partial charge on any atom is 0.124 e. The summed E-state index contributed by atoms with van der Waals surface area (Å²) in [5, 5.41) is 4.19. The number of benzene rings is 1. The van der Waals surface area contributed by atoms with Gasteiger partial charge in [-0.2, -0.15) is 0 Å². The molecule has 100 valence electrons. The highest BCUT2D eigenvalue weighted by Crippen LogP contribution is 2.28. The smallest absolute Gasteiger partial charge is 0.124 e. The summed E-state index contributed by atoms with van der Waals surface area (Å²) in [4.78, 5) is 0. The van der Waals surface area contributed by atoms with Crippen LogP contribution in [0.15, 0.2) is 18.2 Å². The van der Waals surface area contributed by atoms with E-state index in [1.807, 2.05) is 18.2 Å². The van der Waals surface area contributed by atoms with Crippen LogP contribution in [0.4, 0.5) is 0 Å².